The van der Waals surface area contributed by atoms with Gasteiger partial charge in [-0.05, 0) is 24.1 Å². The first kappa shape index (κ1) is 12.3. The van der Waals surface area contributed by atoms with E-state index >= 15 is 0 Å². The highest BCUT2D eigenvalue weighted by Gasteiger charge is 2.17. The molecule has 0 radical (unpaired) electrons. The van der Waals surface area contributed by atoms with Gasteiger partial charge in [0, 0.05) is 6.42 Å². The Morgan fingerprint density at radius 1 is 1.31 bits per heavy atom. The largest absolute Gasteiger partial charge is 0.463 e. The molecular weight excluding hydrogens is 218 g/mol. The maximum Gasteiger partial charge on any atom is 0.374 e. The molecule has 0 aromatic heterocycles. The van der Waals surface area contributed by atoms with Crippen LogP contribution in [0.4, 0.5) is 8.78 Å². The molecule has 1 aromatic rings. The summed E-state index contributed by atoms with van der Waals surface area (Å²) < 4.78 is 30.1. The Morgan fingerprint density at radius 3 is 2.50 bits per heavy atom. The average molecular weight is 228 g/mol. The van der Waals surface area contributed by atoms with Crippen molar-refractivity contribution in [3.63, 3.8) is 0 Å². The number of benzene rings is 1. The van der Waals surface area contributed by atoms with Gasteiger partial charge in [0.05, 0.1) is 7.11 Å². The lowest BCUT2D eigenvalue weighted by Crippen LogP contribution is -2.18. The standard InChI is InChI=1S/C11H10F2O3/c1-6-7(3-4-8(12)10(6)13)5-9(14)11(15)16-2/h3-4H,5H2,1-2H3. The summed E-state index contributed by atoms with van der Waals surface area (Å²) in [4.78, 5) is 22.0. The number of carbonyl (C=O) groups is 2. The first-order chi connectivity index (χ1) is 7.47. The third-order valence-corrected chi connectivity index (χ3v) is 2.22. The highest BCUT2D eigenvalue weighted by molar-refractivity contribution is 6.34. The molecule has 16 heavy (non-hydrogen) atoms. The molecule has 0 saturated carbocycles. The zero-order valence-electron chi connectivity index (χ0n) is 8.84. The van der Waals surface area contributed by atoms with Gasteiger partial charge in [0.25, 0.3) is 0 Å². The molecule has 0 N–H and O–H groups in total. The van der Waals surface area contributed by atoms with Crippen molar-refractivity contribution in [3.8, 4) is 0 Å². The SMILES string of the molecule is COC(=O)C(=O)Cc1ccc(F)c(F)c1C. The average Bonchev–Trinajstić information content (AvgIpc) is 2.28. The van der Waals surface area contributed by atoms with Crippen molar-refractivity contribution < 1.29 is 23.1 Å². The van der Waals surface area contributed by atoms with Crippen molar-refractivity contribution in [2.75, 3.05) is 7.11 Å². The summed E-state index contributed by atoms with van der Waals surface area (Å²) in [5.74, 6) is -3.78. The zero-order chi connectivity index (χ0) is 12.3. The Balaban J connectivity index is 2.95. The Morgan fingerprint density at radius 2 is 1.94 bits per heavy atom. The molecule has 0 unspecified atom stereocenters. The van der Waals surface area contributed by atoms with Crippen LogP contribution in [0.3, 0.4) is 0 Å². The lowest BCUT2D eigenvalue weighted by molar-refractivity contribution is -0.151. The second kappa shape index (κ2) is 4.83. The lowest BCUT2D eigenvalue weighted by Gasteiger charge is -2.05. The fourth-order valence-corrected chi connectivity index (χ4v) is 1.24. The van der Waals surface area contributed by atoms with E-state index in [1.807, 2.05) is 0 Å². The molecule has 0 atom stereocenters. The number of hydrogen-bond acceptors (Lipinski definition) is 3. The van der Waals surface area contributed by atoms with Crippen LogP contribution < -0.4 is 0 Å². The predicted octanol–water partition coefficient (Wildman–Crippen LogP) is 1.56. The number of ketones is 1. The van der Waals surface area contributed by atoms with Gasteiger partial charge in [0.1, 0.15) is 0 Å². The fraction of sp³-hybridized carbons (Fsp3) is 0.273. The summed E-state index contributed by atoms with van der Waals surface area (Å²) in [6.45, 7) is 1.35. The maximum absolute atomic E-state index is 13.1. The van der Waals surface area contributed by atoms with Gasteiger partial charge in [-0.1, -0.05) is 6.07 Å². The summed E-state index contributed by atoms with van der Waals surface area (Å²) in [6.07, 6.45) is -0.296. The molecule has 5 heteroatoms. The van der Waals surface area contributed by atoms with Crippen LogP contribution in [-0.4, -0.2) is 18.9 Å². The van der Waals surface area contributed by atoms with Crippen LogP contribution in [0, 0.1) is 18.6 Å². The molecule has 0 fully saturated rings. The highest BCUT2D eigenvalue weighted by Crippen LogP contribution is 2.16. The molecule has 1 rings (SSSR count). The number of rotatable bonds is 3. The second-order valence-electron chi connectivity index (χ2n) is 3.24. The zero-order valence-corrected chi connectivity index (χ0v) is 8.84. The minimum absolute atomic E-state index is 0.0252. The van der Waals surface area contributed by atoms with Gasteiger partial charge in [0.2, 0.25) is 5.78 Å². The summed E-state index contributed by atoms with van der Waals surface area (Å²) in [5, 5.41) is 0. The smallest absolute Gasteiger partial charge is 0.374 e. The van der Waals surface area contributed by atoms with Gasteiger partial charge in [-0.15, -0.1) is 0 Å². The minimum Gasteiger partial charge on any atom is -0.463 e. The molecule has 1 aromatic carbocycles. The molecule has 0 spiro atoms. The third-order valence-electron chi connectivity index (χ3n) is 2.22. The maximum atomic E-state index is 13.1. The first-order valence-corrected chi connectivity index (χ1v) is 4.52. The second-order valence-corrected chi connectivity index (χ2v) is 3.24. The summed E-state index contributed by atoms with van der Waals surface area (Å²) in [7, 11) is 1.08. The van der Waals surface area contributed by atoms with Crippen molar-refractivity contribution in [1.82, 2.24) is 0 Å². The van der Waals surface area contributed by atoms with E-state index in [0.717, 1.165) is 13.2 Å². The van der Waals surface area contributed by atoms with E-state index in [9.17, 15) is 18.4 Å². The first-order valence-electron chi connectivity index (χ1n) is 4.52. The van der Waals surface area contributed by atoms with Gasteiger partial charge in [-0.3, -0.25) is 4.79 Å². The highest BCUT2D eigenvalue weighted by atomic mass is 19.2. The summed E-state index contributed by atoms with van der Waals surface area (Å²) in [6, 6.07) is 2.19. The molecule has 3 nitrogen and oxygen atoms in total. The van der Waals surface area contributed by atoms with Crippen molar-refractivity contribution in [2.24, 2.45) is 0 Å². The van der Waals surface area contributed by atoms with E-state index < -0.39 is 23.4 Å². The molecule has 0 amide bonds. The van der Waals surface area contributed by atoms with Crippen LogP contribution in [-0.2, 0) is 20.7 Å². The molecule has 0 bridgehead atoms. The van der Waals surface area contributed by atoms with Crippen LogP contribution in [0.2, 0.25) is 0 Å². The predicted molar refractivity (Wildman–Crippen MR) is 51.8 cm³/mol. The Labute approximate surface area is 91.0 Å². The number of methoxy groups -OCH3 is 1. The van der Waals surface area contributed by atoms with Crippen LogP contribution in [0.15, 0.2) is 12.1 Å². The van der Waals surface area contributed by atoms with Crippen molar-refractivity contribution in [1.29, 1.82) is 0 Å². The van der Waals surface area contributed by atoms with Crippen molar-refractivity contribution in [3.05, 3.63) is 34.9 Å². The monoisotopic (exact) mass is 228 g/mol. The molecule has 0 aliphatic rings. The number of Topliss-reactive ketones (excluding diaryl/α,β-unsaturated/α-hetero) is 1. The van der Waals surface area contributed by atoms with Crippen LogP contribution >= 0.6 is 0 Å². The van der Waals surface area contributed by atoms with E-state index in [0.29, 0.717) is 0 Å². The summed E-state index contributed by atoms with van der Waals surface area (Å²) in [5.41, 5.74) is 0.298. The van der Waals surface area contributed by atoms with Gasteiger partial charge in [-0.25, -0.2) is 13.6 Å². The molecule has 0 saturated heterocycles. The van der Waals surface area contributed by atoms with Crippen molar-refractivity contribution >= 4 is 11.8 Å². The van der Waals surface area contributed by atoms with E-state index in [2.05, 4.69) is 4.74 Å². The minimum atomic E-state index is -1.00. The number of ether oxygens (including phenoxy) is 1. The van der Waals surface area contributed by atoms with Gasteiger partial charge < -0.3 is 4.74 Å². The van der Waals surface area contributed by atoms with E-state index in [-0.39, 0.29) is 17.5 Å². The molecular formula is C11H10F2O3. The molecule has 0 aliphatic heterocycles. The summed E-state index contributed by atoms with van der Waals surface area (Å²) >= 11 is 0. The topological polar surface area (TPSA) is 43.4 Å². The van der Waals surface area contributed by atoms with Gasteiger partial charge in [-0.2, -0.15) is 0 Å². The van der Waals surface area contributed by atoms with Gasteiger partial charge in [0.15, 0.2) is 11.6 Å². The Hall–Kier alpha value is -1.78. The Bertz CT molecular complexity index is 441. The number of hydrogen-bond donors (Lipinski definition) is 0. The lowest BCUT2D eigenvalue weighted by atomic mass is 10.0. The number of halogens is 2. The van der Waals surface area contributed by atoms with E-state index in [1.165, 1.54) is 13.0 Å². The van der Waals surface area contributed by atoms with Crippen LogP contribution in [0.5, 0.6) is 0 Å². The molecule has 0 aliphatic carbocycles. The van der Waals surface area contributed by atoms with E-state index in [1.54, 1.807) is 0 Å². The normalized spacial score (nSPS) is 10.0. The van der Waals surface area contributed by atoms with Crippen molar-refractivity contribution in [2.45, 2.75) is 13.3 Å². The van der Waals surface area contributed by atoms with Crippen LogP contribution in [0.25, 0.3) is 0 Å². The molecule has 86 valence electrons. The Kier molecular flexibility index (Phi) is 3.71. The molecule has 0 heterocycles. The van der Waals surface area contributed by atoms with Crippen LogP contribution in [0.1, 0.15) is 11.1 Å². The fourth-order valence-electron chi connectivity index (χ4n) is 1.24. The van der Waals surface area contributed by atoms with Gasteiger partial charge >= 0.3 is 5.97 Å². The number of esters is 1. The number of carbonyl (C=O) groups excluding carboxylic acids is 2. The quantitative estimate of drug-likeness (QED) is 0.582. The van der Waals surface area contributed by atoms with E-state index in [4.69, 9.17) is 0 Å². The third kappa shape index (κ3) is 2.42.